The average Bonchev–Trinajstić information content (AvgIpc) is 3.24. The molecule has 1 aromatic heterocycles. The Kier molecular flexibility index (Phi) is 8.63. The second-order valence-electron chi connectivity index (χ2n) is 8.36. The zero-order valence-corrected chi connectivity index (χ0v) is 21.1. The number of halogens is 1. The van der Waals surface area contributed by atoms with E-state index in [0.717, 1.165) is 53.3 Å². The molecule has 0 bridgehead atoms. The van der Waals surface area contributed by atoms with Crippen molar-refractivity contribution in [2.75, 3.05) is 20.3 Å². The predicted octanol–water partition coefficient (Wildman–Crippen LogP) is 5.87. The molecular formula is C29H30ClN3O3. The van der Waals surface area contributed by atoms with Crippen molar-refractivity contribution in [1.29, 1.82) is 0 Å². The standard InChI is InChI=1S/C29H30ClN3O3/c1-3-7-21-10-15-26(27(20-21)35-2)36-19-6-18-33-25-9-5-4-8-24(25)32-28(33)16-17-31-29(34)22-11-13-23(30)14-12-22/h3-5,8-15,20H,1,6-7,16-19H2,2H3,(H,31,34). The van der Waals surface area contributed by atoms with E-state index in [2.05, 4.69) is 22.5 Å². The number of ether oxygens (including phenoxy) is 2. The number of carbonyl (C=O) groups is 1. The molecule has 186 valence electrons. The van der Waals surface area contributed by atoms with Crippen molar-refractivity contribution in [3.05, 3.63) is 101 Å². The van der Waals surface area contributed by atoms with E-state index in [1.807, 2.05) is 42.5 Å². The highest BCUT2D eigenvalue weighted by Crippen LogP contribution is 2.28. The first kappa shape index (κ1) is 25.3. The van der Waals surface area contributed by atoms with Crippen molar-refractivity contribution < 1.29 is 14.3 Å². The van der Waals surface area contributed by atoms with Crippen LogP contribution in [0.4, 0.5) is 0 Å². The van der Waals surface area contributed by atoms with Crippen LogP contribution >= 0.6 is 11.6 Å². The Morgan fingerprint density at radius 2 is 1.92 bits per heavy atom. The Balaban J connectivity index is 1.37. The number of amides is 1. The van der Waals surface area contributed by atoms with Gasteiger partial charge in [0.1, 0.15) is 5.82 Å². The summed E-state index contributed by atoms with van der Waals surface area (Å²) in [7, 11) is 1.65. The van der Waals surface area contributed by atoms with Gasteiger partial charge in [0.05, 0.1) is 24.8 Å². The van der Waals surface area contributed by atoms with Crippen LogP contribution in [0.25, 0.3) is 11.0 Å². The van der Waals surface area contributed by atoms with Gasteiger partial charge in [0, 0.05) is 30.1 Å². The van der Waals surface area contributed by atoms with Crippen LogP contribution in [-0.2, 0) is 19.4 Å². The van der Waals surface area contributed by atoms with E-state index in [0.29, 0.717) is 30.2 Å². The lowest BCUT2D eigenvalue weighted by Gasteiger charge is -2.13. The summed E-state index contributed by atoms with van der Waals surface area (Å²) in [4.78, 5) is 17.3. The Labute approximate surface area is 216 Å². The minimum Gasteiger partial charge on any atom is -0.493 e. The summed E-state index contributed by atoms with van der Waals surface area (Å²) >= 11 is 5.92. The van der Waals surface area contributed by atoms with E-state index in [1.165, 1.54) is 0 Å². The molecule has 0 aliphatic carbocycles. The second kappa shape index (κ2) is 12.3. The summed E-state index contributed by atoms with van der Waals surface area (Å²) in [6.45, 7) is 5.55. The molecule has 4 aromatic rings. The number of carbonyl (C=O) groups excluding carboxylic acids is 1. The van der Waals surface area contributed by atoms with Crippen LogP contribution in [0.1, 0.15) is 28.2 Å². The summed E-state index contributed by atoms with van der Waals surface area (Å²) in [5, 5.41) is 3.58. The number of imidazole rings is 1. The Bertz CT molecular complexity index is 1330. The first-order chi connectivity index (χ1) is 17.6. The molecular weight excluding hydrogens is 474 g/mol. The van der Waals surface area contributed by atoms with Gasteiger partial charge in [-0.1, -0.05) is 35.9 Å². The van der Waals surface area contributed by atoms with E-state index >= 15 is 0 Å². The topological polar surface area (TPSA) is 65.4 Å². The Morgan fingerprint density at radius 3 is 2.69 bits per heavy atom. The van der Waals surface area contributed by atoms with Crippen LogP contribution in [0, 0.1) is 0 Å². The smallest absolute Gasteiger partial charge is 0.251 e. The number of aryl methyl sites for hydroxylation is 1. The largest absolute Gasteiger partial charge is 0.493 e. The van der Waals surface area contributed by atoms with Gasteiger partial charge in [0.15, 0.2) is 11.5 Å². The molecule has 0 saturated carbocycles. The first-order valence-corrected chi connectivity index (χ1v) is 12.4. The third kappa shape index (κ3) is 6.26. The third-order valence-electron chi connectivity index (χ3n) is 5.87. The monoisotopic (exact) mass is 503 g/mol. The second-order valence-corrected chi connectivity index (χ2v) is 8.80. The van der Waals surface area contributed by atoms with Crippen molar-refractivity contribution in [1.82, 2.24) is 14.9 Å². The average molecular weight is 504 g/mol. The number of nitrogens with one attached hydrogen (secondary N) is 1. The zero-order valence-electron chi connectivity index (χ0n) is 20.4. The van der Waals surface area contributed by atoms with Gasteiger partial charge in [0.25, 0.3) is 5.91 Å². The van der Waals surface area contributed by atoms with Crippen LogP contribution in [0.2, 0.25) is 5.02 Å². The van der Waals surface area contributed by atoms with Crippen molar-refractivity contribution in [2.45, 2.75) is 25.8 Å². The molecule has 0 saturated heterocycles. The first-order valence-electron chi connectivity index (χ1n) is 12.0. The molecule has 1 heterocycles. The third-order valence-corrected chi connectivity index (χ3v) is 6.12. The van der Waals surface area contributed by atoms with Crippen LogP contribution in [-0.4, -0.2) is 35.7 Å². The van der Waals surface area contributed by atoms with Gasteiger partial charge in [-0.2, -0.15) is 0 Å². The minimum atomic E-state index is -0.129. The summed E-state index contributed by atoms with van der Waals surface area (Å²) < 4.78 is 13.7. The van der Waals surface area contributed by atoms with Crippen molar-refractivity contribution >= 4 is 28.5 Å². The number of nitrogens with zero attached hydrogens (tertiary/aromatic N) is 2. The molecule has 0 radical (unpaired) electrons. The number of benzene rings is 3. The number of para-hydroxylation sites is 2. The number of allylic oxidation sites excluding steroid dienone is 1. The summed E-state index contributed by atoms with van der Waals surface area (Å²) in [5.41, 5.74) is 3.73. The number of aromatic nitrogens is 2. The van der Waals surface area contributed by atoms with Crippen LogP contribution in [0.15, 0.2) is 79.4 Å². The number of methoxy groups -OCH3 is 1. The molecule has 0 aliphatic heterocycles. The van der Waals surface area contributed by atoms with E-state index < -0.39 is 0 Å². The molecule has 6 nitrogen and oxygen atoms in total. The molecule has 0 spiro atoms. The van der Waals surface area contributed by atoms with Gasteiger partial charge in [-0.05, 0) is 66.9 Å². The fourth-order valence-electron chi connectivity index (χ4n) is 4.09. The molecule has 36 heavy (non-hydrogen) atoms. The number of hydrogen-bond donors (Lipinski definition) is 1. The lowest BCUT2D eigenvalue weighted by atomic mass is 10.1. The van der Waals surface area contributed by atoms with Gasteiger partial charge in [-0.25, -0.2) is 4.98 Å². The predicted molar refractivity (Wildman–Crippen MR) is 144 cm³/mol. The highest BCUT2D eigenvalue weighted by molar-refractivity contribution is 6.30. The molecule has 1 N–H and O–H groups in total. The fraction of sp³-hybridized carbons (Fsp3) is 0.241. The minimum absolute atomic E-state index is 0.129. The molecule has 0 atom stereocenters. The quantitative estimate of drug-likeness (QED) is 0.194. The number of hydrogen-bond acceptors (Lipinski definition) is 4. The molecule has 1 amide bonds. The lowest BCUT2D eigenvalue weighted by molar-refractivity contribution is 0.0954. The summed E-state index contributed by atoms with van der Waals surface area (Å²) in [5.74, 6) is 2.25. The van der Waals surface area contributed by atoms with Crippen molar-refractivity contribution in [2.24, 2.45) is 0 Å². The van der Waals surface area contributed by atoms with E-state index in [1.54, 1.807) is 31.4 Å². The van der Waals surface area contributed by atoms with Crippen molar-refractivity contribution in [3.63, 3.8) is 0 Å². The summed E-state index contributed by atoms with van der Waals surface area (Å²) in [6.07, 6.45) is 4.06. The number of fused-ring (bicyclic) bond motifs is 1. The maximum absolute atomic E-state index is 12.4. The highest BCUT2D eigenvalue weighted by Gasteiger charge is 2.12. The number of rotatable bonds is 12. The molecule has 0 fully saturated rings. The van der Waals surface area contributed by atoms with E-state index in [4.69, 9.17) is 26.1 Å². The molecule has 3 aromatic carbocycles. The van der Waals surface area contributed by atoms with Crippen molar-refractivity contribution in [3.8, 4) is 11.5 Å². The molecule has 0 unspecified atom stereocenters. The van der Waals surface area contributed by atoms with Gasteiger partial charge in [-0.3, -0.25) is 4.79 Å². The van der Waals surface area contributed by atoms with Gasteiger partial charge in [-0.15, -0.1) is 6.58 Å². The molecule has 4 rings (SSSR count). The normalized spacial score (nSPS) is 10.8. The Hall–Kier alpha value is -3.77. The van der Waals surface area contributed by atoms with E-state index in [-0.39, 0.29) is 5.91 Å². The van der Waals surface area contributed by atoms with Gasteiger partial charge >= 0.3 is 0 Å². The van der Waals surface area contributed by atoms with Gasteiger partial charge in [0.2, 0.25) is 0 Å². The highest BCUT2D eigenvalue weighted by atomic mass is 35.5. The maximum atomic E-state index is 12.4. The SMILES string of the molecule is C=CCc1ccc(OCCCn2c(CCNC(=O)c3ccc(Cl)cc3)nc3ccccc32)c(OC)c1. The zero-order chi connectivity index (χ0) is 25.3. The van der Waals surface area contributed by atoms with Crippen LogP contribution in [0.3, 0.4) is 0 Å². The van der Waals surface area contributed by atoms with Crippen LogP contribution < -0.4 is 14.8 Å². The summed E-state index contributed by atoms with van der Waals surface area (Å²) in [6, 6.07) is 20.9. The van der Waals surface area contributed by atoms with Crippen LogP contribution in [0.5, 0.6) is 11.5 Å². The maximum Gasteiger partial charge on any atom is 0.251 e. The molecule has 0 aliphatic rings. The lowest BCUT2D eigenvalue weighted by Crippen LogP contribution is -2.26. The van der Waals surface area contributed by atoms with Gasteiger partial charge < -0.3 is 19.4 Å². The molecule has 7 heteroatoms. The Morgan fingerprint density at radius 1 is 1.11 bits per heavy atom. The fourth-order valence-corrected chi connectivity index (χ4v) is 4.21. The van der Waals surface area contributed by atoms with E-state index in [9.17, 15) is 4.79 Å².